The molecular formula is C15H16N4O3. The third kappa shape index (κ3) is 4.14. The minimum absolute atomic E-state index is 0.378. The minimum atomic E-state index is -0.378. The fourth-order valence-electron chi connectivity index (χ4n) is 1.78. The lowest BCUT2D eigenvalue weighted by atomic mass is 10.3. The van der Waals surface area contributed by atoms with E-state index in [1.807, 2.05) is 6.07 Å². The number of amides is 3. The summed E-state index contributed by atoms with van der Waals surface area (Å²) in [6.45, 7) is 0. The number of urea groups is 1. The molecular weight excluding hydrogens is 284 g/mol. The van der Waals surface area contributed by atoms with E-state index in [4.69, 9.17) is 4.74 Å². The number of hydrogen-bond acceptors (Lipinski definition) is 4. The highest BCUT2D eigenvalue weighted by Crippen LogP contribution is 2.23. The lowest BCUT2D eigenvalue weighted by molar-refractivity contribution is -0.109. The van der Waals surface area contributed by atoms with Gasteiger partial charge >= 0.3 is 6.03 Å². The van der Waals surface area contributed by atoms with Crippen LogP contribution in [0.4, 0.5) is 21.9 Å². The highest BCUT2D eigenvalue weighted by atomic mass is 16.5. The molecule has 0 unspecified atom stereocenters. The largest absolute Gasteiger partial charge is 0.495 e. The number of nitrogens with one attached hydrogen (secondary N) is 4. The molecule has 4 N–H and O–H groups in total. The first-order valence-corrected chi connectivity index (χ1v) is 6.49. The van der Waals surface area contributed by atoms with Gasteiger partial charge in [0.1, 0.15) is 5.75 Å². The first-order chi connectivity index (χ1) is 10.7. The molecule has 0 fully saturated rings. The van der Waals surface area contributed by atoms with E-state index in [1.165, 1.54) is 7.11 Å². The maximum atomic E-state index is 12.0. The van der Waals surface area contributed by atoms with E-state index in [9.17, 15) is 9.59 Å². The minimum Gasteiger partial charge on any atom is -0.495 e. The molecule has 0 saturated heterocycles. The second-order valence-corrected chi connectivity index (χ2v) is 4.24. The molecule has 0 aliphatic heterocycles. The van der Waals surface area contributed by atoms with Gasteiger partial charge in [-0.3, -0.25) is 15.6 Å². The second-order valence-electron chi connectivity index (χ2n) is 4.24. The number of ether oxygens (including phenoxy) is 1. The molecule has 0 aromatic heterocycles. The first kappa shape index (κ1) is 15.2. The predicted octanol–water partition coefficient (Wildman–Crippen LogP) is 2.41. The van der Waals surface area contributed by atoms with Crippen molar-refractivity contribution in [1.82, 2.24) is 5.43 Å². The fourth-order valence-corrected chi connectivity index (χ4v) is 1.78. The van der Waals surface area contributed by atoms with Gasteiger partial charge in [-0.1, -0.05) is 12.1 Å². The van der Waals surface area contributed by atoms with Gasteiger partial charge in [0.05, 0.1) is 18.5 Å². The summed E-state index contributed by atoms with van der Waals surface area (Å²) in [7, 11) is 1.54. The Morgan fingerprint density at radius 3 is 2.36 bits per heavy atom. The Balaban J connectivity index is 1.95. The zero-order chi connectivity index (χ0) is 15.8. The monoisotopic (exact) mass is 300 g/mol. The third-order valence-electron chi connectivity index (χ3n) is 2.77. The van der Waals surface area contributed by atoms with Gasteiger partial charge in [0, 0.05) is 5.69 Å². The molecule has 0 bridgehead atoms. The van der Waals surface area contributed by atoms with Gasteiger partial charge in [-0.2, -0.15) is 0 Å². The Morgan fingerprint density at radius 2 is 1.68 bits per heavy atom. The SMILES string of the molecule is COc1ccccc1NC(=O)Nc1ccc(NNC=O)cc1. The van der Waals surface area contributed by atoms with E-state index < -0.39 is 0 Å². The molecule has 0 heterocycles. The Hall–Kier alpha value is -3.22. The number of rotatable bonds is 6. The van der Waals surface area contributed by atoms with Crippen LogP contribution in [0.2, 0.25) is 0 Å². The van der Waals surface area contributed by atoms with E-state index in [0.29, 0.717) is 29.2 Å². The smallest absolute Gasteiger partial charge is 0.323 e. The van der Waals surface area contributed by atoms with E-state index in [2.05, 4.69) is 21.5 Å². The Bertz CT molecular complexity index is 643. The molecule has 0 radical (unpaired) electrons. The lowest BCUT2D eigenvalue weighted by Crippen LogP contribution is -2.20. The number of hydrazine groups is 1. The van der Waals surface area contributed by atoms with Crippen molar-refractivity contribution in [2.45, 2.75) is 0 Å². The summed E-state index contributed by atoms with van der Waals surface area (Å²) in [5.41, 5.74) is 6.88. The molecule has 7 heteroatoms. The van der Waals surface area contributed by atoms with Crippen LogP contribution in [0, 0.1) is 0 Å². The Labute approximate surface area is 127 Å². The number of benzene rings is 2. The van der Waals surface area contributed by atoms with Crippen molar-refractivity contribution >= 4 is 29.5 Å². The maximum Gasteiger partial charge on any atom is 0.323 e. The highest BCUT2D eigenvalue weighted by molar-refractivity contribution is 6.00. The van der Waals surface area contributed by atoms with Crippen molar-refractivity contribution in [1.29, 1.82) is 0 Å². The summed E-state index contributed by atoms with van der Waals surface area (Å²) in [6.07, 6.45) is 0.535. The van der Waals surface area contributed by atoms with E-state index >= 15 is 0 Å². The van der Waals surface area contributed by atoms with Crippen molar-refractivity contribution < 1.29 is 14.3 Å². The van der Waals surface area contributed by atoms with Crippen LogP contribution in [0.25, 0.3) is 0 Å². The fraction of sp³-hybridized carbons (Fsp3) is 0.0667. The van der Waals surface area contributed by atoms with E-state index in [1.54, 1.807) is 42.5 Å². The predicted molar refractivity (Wildman–Crippen MR) is 84.9 cm³/mol. The van der Waals surface area contributed by atoms with Gasteiger partial charge in [0.25, 0.3) is 0 Å². The zero-order valence-corrected chi connectivity index (χ0v) is 11.9. The molecule has 2 aromatic rings. The van der Waals surface area contributed by atoms with Gasteiger partial charge < -0.3 is 15.4 Å². The van der Waals surface area contributed by atoms with Gasteiger partial charge in [-0.05, 0) is 36.4 Å². The van der Waals surface area contributed by atoms with Crippen LogP contribution in [0.3, 0.4) is 0 Å². The number of hydrogen-bond donors (Lipinski definition) is 4. The molecule has 0 spiro atoms. The van der Waals surface area contributed by atoms with Crippen LogP contribution < -0.4 is 26.2 Å². The Morgan fingerprint density at radius 1 is 1.00 bits per heavy atom. The molecule has 0 aliphatic rings. The van der Waals surface area contributed by atoms with Crippen molar-refractivity contribution in [3.63, 3.8) is 0 Å². The first-order valence-electron chi connectivity index (χ1n) is 6.49. The van der Waals surface area contributed by atoms with Crippen LogP contribution in [0.15, 0.2) is 48.5 Å². The van der Waals surface area contributed by atoms with Crippen molar-refractivity contribution in [3.05, 3.63) is 48.5 Å². The highest BCUT2D eigenvalue weighted by Gasteiger charge is 2.06. The molecule has 22 heavy (non-hydrogen) atoms. The lowest BCUT2D eigenvalue weighted by Gasteiger charge is -2.11. The molecule has 7 nitrogen and oxygen atoms in total. The second kappa shape index (κ2) is 7.53. The molecule has 0 atom stereocenters. The summed E-state index contributed by atoms with van der Waals surface area (Å²) in [5.74, 6) is 0.581. The van der Waals surface area contributed by atoms with Crippen LogP contribution in [-0.2, 0) is 4.79 Å². The summed E-state index contributed by atoms with van der Waals surface area (Å²) < 4.78 is 5.16. The number of para-hydroxylation sites is 2. The molecule has 2 aromatic carbocycles. The summed E-state index contributed by atoms with van der Waals surface area (Å²) in [5, 5.41) is 5.41. The quantitative estimate of drug-likeness (QED) is 0.487. The summed E-state index contributed by atoms with van der Waals surface area (Å²) >= 11 is 0. The molecule has 0 aliphatic carbocycles. The molecule has 114 valence electrons. The number of methoxy groups -OCH3 is 1. The van der Waals surface area contributed by atoms with Gasteiger partial charge in [0.2, 0.25) is 6.41 Å². The van der Waals surface area contributed by atoms with Gasteiger partial charge in [-0.25, -0.2) is 4.79 Å². The number of anilines is 3. The molecule has 3 amide bonds. The average molecular weight is 300 g/mol. The van der Waals surface area contributed by atoms with Crippen LogP contribution >= 0.6 is 0 Å². The van der Waals surface area contributed by atoms with Crippen molar-refractivity contribution in [2.75, 3.05) is 23.2 Å². The number of carbonyl (C=O) groups is 2. The van der Waals surface area contributed by atoms with Gasteiger partial charge in [0.15, 0.2) is 0 Å². The van der Waals surface area contributed by atoms with Crippen LogP contribution in [-0.4, -0.2) is 19.6 Å². The third-order valence-corrected chi connectivity index (χ3v) is 2.77. The van der Waals surface area contributed by atoms with E-state index in [-0.39, 0.29) is 6.03 Å². The van der Waals surface area contributed by atoms with Crippen molar-refractivity contribution in [2.24, 2.45) is 0 Å². The molecule has 0 saturated carbocycles. The Kier molecular flexibility index (Phi) is 5.20. The average Bonchev–Trinajstić information content (AvgIpc) is 2.54. The van der Waals surface area contributed by atoms with Crippen molar-refractivity contribution in [3.8, 4) is 5.75 Å². The number of carbonyl (C=O) groups excluding carboxylic acids is 2. The molecule has 2 rings (SSSR count). The normalized spacial score (nSPS) is 9.50. The van der Waals surface area contributed by atoms with E-state index in [0.717, 1.165) is 0 Å². The topological polar surface area (TPSA) is 91.5 Å². The van der Waals surface area contributed by atoms with Crippen LogP contribution in [0.1, 0.15) is 0 Å². The standard InChI is InChI=1S/C15H16N4O3/c1-22-14-5-3-2-4-13(14)18-15(21)17-11-6-8-12(9-7-11)19-16-10-20/h2-10,19H,1H3,(H,16,20)(H2,17,18,21). The summed E-state index contributed by atoms with van der Waals surface area (Å²) in [6, 6.07) is 13.6. The van der Waals surface area contributed by atoms with Crippen LogP contribution in [0.5, 0.6) is 5.75 Å². The maximum absolute atomic E-state index is 12.0. The summed E-state index contributed by atoms with van der Waals surface area (Å²) in [4.78, 5) is 22.1. The zero-order valence-electron chi connectivity index (χ0n) is 11.9. The van der Waals surface area contributed by atoms with Gasteiger partial charge in [-0.15, -0.1) is 0 Å².